The molecule has 1 aliphatic rings. The molecule has 1 saturated carbocycles. The number of fused-ring (bicyclic) bond motifs is 1. The third-order valence-corrected chi connectivity index (χ3v) is 6.62. The molecule has 0 spiro atoms. The van der Waals surface area contributed by atoms with Gasteiger partial charge in [-0.2, -0.15) is 13.2 Å². The van der Waals surface area contributed by atoms with Crippen LogP contribution in [0.5, 0.6) is 0 Å². The fourth-order valence-corrected chi connectivity index (χ4v) is 4.60. The van der Waals surface area contributed by atoms with Crippen LogP contribution in [-0.4, -0.2) is 29.6 Å². The fraction of sp³-hybridized carbons (Fsp3) is 0.222. The number of pyridine rings is 2. The summed E-state index contributed by atoms with van der Waals surface area (Å²) in [7, 11) is 1.52. The van der Waals surface area contributed by atoms with Crippen LogP contribution < -0.4 is 0 Å². The number of benzene rings is 1. The van der Waals surface area contributed by atoms with E-state index in [4.69, 9.17) is 0 Å². The number of aromatic amines is 1. The molecule has 182 valence electrons. The number of alkyl halides is 3. The number of imidazole rings is 1. The van der Waals surface area contributed by atoms with Crippen molar-refractivity contribution >= 4 is 10.9 Å². The molecule has 1 atom stereocenters. The second-order valence-corrected chi connectivity index (χ2v) is 9.15. The molecule has 1 aromatic carbocycles. The molecule has 0 amide bonds. The largest absolute Gasteiger partial charge is 0.434 e. The van der Waals surface area contributed by atoms with Crippen molar-refractivity contribution in [3.63, 3.8) is 0 Å². The number of aliphatic hydroxyl groups excluding tert-OH is 1. The smallest absolute Gasteiger partial charge is 0.384 e. The minimum atomic E-state index is -4.51. The molecule has 1 fully saturated rings. The molecule has 4 heterocycles. The highest BCUT2D eigenvalue weighted by atomic mass is 19.4. The average molecular weight is 490 g/mol. The van der Waals surface area contributed by atoms with Crippen LogP contribution in [0.2, 0.25) is 0 Å². The Morgan fingerprint density at radius 2 is 1.89 bits per heavy atom. The number of aryl methyl sites for hydroxylation is 1. The molecule has 9 heteroatoms. The Bertz CT molecular complexity index is 1560. The van der Waals surface area contributed by atoms with Crippen molar-refractivity contribution in [1.29, 1.82) is 0 Å². The van der Waals surface area contributed by atoms with Gasteiger partial charge in [0.25, 0.3) is 0 Å². The second-order valence-electron chi connectivity index (χ2n) is 9.15. The van der Waals surface area contributed by atoms with E-state index in [1.54, 1.807) is 42.9 Å². The number of hydrogen-bond donors (Lipinski definition) is 2. The molecule has 36 heavy (non-hydrogen) atoms. The predicted molar refractivity (Wildman–Crippen MR) is 129 cm³/mol. The van der Waals surface area contributed by atoms with Crippen LogP contribution in [0.15, 0.2) is 67.3 Å². The summed E-state index contributed by atoms with van der Waals surface area (Å²) < 4.78 is 40.4. The van der Waals surface area contributed by atoms with E-state index in [1.165, 1.54) is 11.6 Å². The van der Waals surface area contributed by atoms with Crippen LogP contribution in [0.25, 0.3) is 33.5 Å². The summed E-state index contributed by atoms with van der Waals surface area (Å²) in [5, 5.41) is 12.0. The summed E-state index contributed by atoms with van der Waals surface area (Å²) in [5.41, 5.74) is 4.55. The van der Waals surface area contributed by atoms with Gasteiger partial charge in [0.05, 0.1) is 23.1 Å². The molecular weight excluding hydrogens is 467 g/mol. The first kappa shape index (κ1) is 22.5. The standard InChI is InChI=1S/C27H22F3N5O/c1-35-14-23(27(28,29)30)34-26(35)17-8-6-16(7-9-17)25(36)20-12-32-22-13-33-21(11-19(20)22)18-3-2-10-31-24(18)15-4-5-15/h2-3,6-15,25,32,36H,4-5H2,1H3. The van der Waals surface area contributed by atoms with Crippen molar-refractivity contribution in [3.05, 3.63) is 89.8 Å². The van der Waals surface area contributed by atoms with Crippen LogP contribution in [0.3, 0.4) is 0 Å². The van der Waals surface area contributed by atoms with E-state index in [1.807, 2.05) is 18.2 Å². The maximum atomic E-state index is 13.0. The SMILES string of the molecule is Cn1cc(C(F)(F)F)nc1-c1ccc(C(O)c2c[nH]c3cnc(-c4cccnc4C4CC4)cc23)cc1. The van der Waals surface area contributed by atoms with Gasteiger partial charge in [0.1, 0.15) is 11.9 Å². The highest BCUT2D eigenvalue weighted by Crippen LogP contribution is 2.43. The van der Waals surface area contributed by atoms with Gasteiger partial charge in [0, 0.05) is 53.6 Å². The number of rotatable bonds is 5. The normalized spacial score (nSPS) is 14.9. The van der Waals surface area contributed by atoms with Crippen LogP contribution in [0, 0.1) is 0 Å². The Morgan fingerprint density at radius 3 is 2.58 bits per heavy atom. The molecule has 6 nitrogen and oxygen atoms in total. The van der Waals surface area contributed by atoms with Crippen LogP contribution in [-0.2, 0) is 13.2 Å². The quantitative estimate of drug-likeness (QED) is 0.317. The fourth-order valence-electron chi connectivity index (χ4n) is 4.60. The van der Waals surface area contributed by atoms with E-state index in [0.717, 1.165) is 46.9 Å². The molecule has 2 N–H and O–H groups in total. The average Bonchev–Trinajstić information content (AvgIpc) is 3.51. The summed E-state index contributed by atoms with van der Waals surface area (Å²) in [6.45, 7) is 0. The van der Waals surface area contributed by atoms with Crippen LogP contribution in [0.4, 0.5) is 13.2 Å². The number of aromatic nitrogens is 5. The maximum Gasteiger partial charge on any atom is 0.434 e. The molecule has 0 aliphatic heterocycles. The summed E-state index contributed by atoms with van der Waals surface area (Å²) in [4.78, 5) is 16.1. The molecule has 1 aliphatic carbocycles. The number of hydrogen-bond acceptors (Lipinski definition) is 4. The lowest BCUT2D eigenvalue weighted by Crippen LogP contribution is -2.04. The lowest BCUT2D eigenvalue weighted by Gasteiger charge is -2.12. The van der Waals surface area contributed by atoms with Crippen molar-refractivity contribution in [3.8, 4) is 22.6 Å². The van der Waals surface area contributed by atoms with Gasteiger partial charge in [-0.05, 0) is 36.6 Å². The van der Waals surface area contributed by atoms with Gasteiger partial charge >= 0.3 is 6.18 Å². The lowest BCUT2D eigenvalue weighted by molar-refractivity contribution is -0.140. The number of nitrogens with zero attached hydrogens (tertiary/aromatic N) is 4. The Labute approximate surface area is 204 Å². The van der Waals surface area contributed by atoms with Crippen molar-refractivity contribution in [2.45, 2.75) is 31.0 Å². The molecular formula is C27H22F3N5O. The number of H-pyrrole nitrogens is 1. The van der Waals surface area contributed by atoms with Gasteiger partial charge < -0.3 is 14.7 Å². The zero-order valence-electron chi connectivity index (χ0n) is 19.3. The van der Waals surface area contributed by atoms with Crippen LogP contribution in [0.1, 0.15) is 47.4 Å². The Kier molecular flexibility index (Phi) is 5.19. The van der Waals surface area contributed by atoms with E-state index in [9.17, 15) is 18.3 Å². The first-order valence-electron chi connectivity index (χ1n) is 11.6. The molecule has 0 saturated heterocycles. The Balaban J connectivity index is 1.32. The first-order chi connectivity index (χ1) is 17.3. The molecule has 1 unspecified atom stereocenters. The second kappa shape index (κ2) is 8.30. The predicted octanol–water partition coefficient (Wildman–Crippen LogP) is 6.00. The van der Waals surface area contributed by atoms with Gasteiger partial charge in [-0.3, -0.25) is 9.97 Å². The summed E-state index contributed by atoms with van der Waals surface area (Å²) in [5.74, 6) is 0.675. The summed E-state index contributed by atoms with van der Waals surface area (Å²) in [6.07, 6.45) is 3.10. The Morgan fingerprint density at radius 1 is 1.11 bits per heavy atom. The van der Waals surface area contributed by atoms with Gasteiger partial charge in [-0.1, -0.05) is 24.3 Å². The lowest BCUT2D eigenvalue weighted by atomic mass is 9.98. The third-order valence-electron chi connectivity index (χ3n) is 6.62. The van der Waals surface area contributed by atoms with Gasteiger partial charge in [-0.25, -0.2) is 4.98 Å². The van der Waals surface area contributed by atoms with Crippen molar-refractivity contribution in [1.82, 2.24) is 24.5 Å². The molecule has 6 rings (SSSR count). The number of nitrogens with one attached hydrogen (secondary N) is 1. The molecule has 5 aromatic rings. The number of aliphatic hydroxyl groups is 1. The highest BCUT2D eigenvalue weighted by molar-refractivity contribution is 5.87. The zero-order chi connectivity index (χ0) is 25.0. The summed E-state index contributed by atoms with van der Waals surface area (Å²) >= 11 is 0. The molecule has 0 bridgehead atoms. The van der Waals surface area contributed by atoms with E-state index in [-0.39, 0.29) is 5.82 Å². The maximum absolute atomic E-state index is 13.0. The summed E-state index contributed by atoms with van der Waals surface area (Å²) in [6, 6.07) is 12.6. The minimum Gasteiger partial charge on any atom is -0.384 e. The highest BCUT2D eigenvalue weighted by Gasteiger charge is 2.34. The van der Waals surface area contributed by atoms with Crippen molar-refractivity contribution in [2.24, 2.45) is 7.05 Å². The zero-order valence-corrected chi connectivity index (χ0v) is 19.3. The number of halogens is 3. The topological polar surface area (TPSA) is 79.6 Å². The third kappa shape index (κ3) is 3.95. The van der Waals surface area contributed by atoms with E-state index in [0.29, 0.717) is 22.6 Å². The first-order valence-corrected chi connectivity index (χ1v) is 11.6. The van der Waals surface area contributed by atoms with E-state index in [2.05, 4.69) is 19.9 Å². The van der Waals surface area contributed by atoms with Gasteiger partial charge in [0.2, 0.25) is 0 Å². The van der Waals surface area contributed by atoms with E-state index >= 15 is 0 Å². The molecule has 0 radical (unpaired) electrons. The van der Waals surface area contributed by atoms with Crippen molar-refractivity contribution < 1.29 is 18.3 Å². The Hall–Kier alpha value is -3.98. The van der Waals surface area contributed by atoms with Gasteiger partial charge in [0.15, 0.2) is 5.69 Å². The minimum absolute atomic E-state index is 0.203. The molecule has 4 aromatic heterocycles. The van der Waals surface area contributed by atoms with Crippen LogP contribution >= 0.6 is 0 Å². The van der Waals surface area contributed by atoms with E-state index < -0.39 is 18.0 Å². The van der Waals surface area contributed by atoms with Gasteiger partial charge in [-0.15, -0.1) is 0 Å². The van der Waals surface area contributed by atoms with Crippen molar-refractivity contribution in [2.75, 3.05) is 0 Å². The monoisotopic (exact) mass is 489 g/mol.